The molecule has 1 N–H and O–H groups in total. The molecule has 0 fully saturated rings. The molecule has 0 spiro atoms. The fourth-order valence-corrected chi connectivity index (χ4v) is 4.41. The summed E-state index contributed by atoms with van der Waals surface area (Å²) in [6.07, 6.45) is -1.92. The van der Waals surface area contributed by atoms with Crippen LogP contribution in [0.5, 0.6) is 5.75 Å². The molecule has 0 aliphatic carbocycles. The van der Waals surface area contributed by atoms with E-state index in [4.69, 9.17) is 9.84 Å². The zero-order valence-electron chi connectivity index (χ0n) is 15.2. The summed E-state index contributed by atoms with van der Waals surface area (Å²) < 4.78 is 46.7. The highest BCUT2D eigenvalue weighted by molar-refractivity contribution is 7.22. The molecule has 2 unspecified atom stereocenters. The zero-order chi connectivity index (χ0) is 21.1. The van der Waals surface area contributed by atoms with Crippen LogP contribution in [0.4, 0.5) is 24.0 Å². The Kier molecular flexibility index (Phi) is 4.35. The SMILES string of the molecule is Cc1ccc2c(c1)[N+](C)(c1nc3c(F)c(F)cc(F)c3s1)C(=O)C(CC(=O)O)O2. The number of hydrogen-bond donors (Lipinski definition) is 1. The van der Waals surface area contributed by atoms with Crippen LogP contribution >= 0.6 is 11.3 Å². The number of likely N-dealkylation sites (N-methyl/N-ethyl adjacent to an activating group) is 1. The normalized spacial score (nSPS) is 21.1. The monoisotopic (exact) mass is 423 g/mol. The van der Waals surface area contributed by atoms with Crippen LogP contribution in [0.3, 0.4) is 0 Å². The van der Waals surface area contributed by atoms with E-state index in [1.807, 2.05) is 0 Å². The predicted molar refractivity (Wildman–Crippen MR) is 99.7 cm³/mol. The lowest BCUT2D eigenvalue weighted by Crippen LogP contribution is -2.56. The van der Waals surface area contributed by atoms with Crippen molar-refractivity contribution >= 4 is 44.2 Å². The molecule has 29 heavy (non-hydrogen) atoms. The minimum Gasteiger partial charge on any atom is -0.481 e. The Morgan fingerprint density at radius 3 is 2.69 bits per heavy atom. The molecule has 0 saturated heterocycles. The first-order valence-corrected chi connectivity index (χ1v) is 9.29. The second-order valence-electron chi connectivity index (χ2n) is 6.85. The van der Waals surface area contributed by atoms with E-state index in [-0.39, 0.29) is 15.6 Å². The Morgan fingerprint density at radius 2 is 2.00 bits per heavy atom. The number of aryl methyl sites for hydroxylation is 1. The van der Waals surface area contributed by atoms with Crippen molar-refractivity contribution in [2.45, 2.75) is 19.4 Å². The Bertz CT molecular complexity index is 1200. The molecular formula is C19H14F3N2O4S+. The van der Waals surface area contributed by atoms with Crippen LogP contribution in [-0.4, -0.2) is 35.1 Å². The topological polar surface area (TPSA) is 76.5 Å². The number of hydrogen-bond acceptors (Lipinski definition) is 5. The van der Waals surface area contributed by atoms with Crippen LogP contribution in [0.15, 0.2) is 24.3 Å². The lowest BCUT2D eigenvalue weighted by atomic mass is 10.1. The summed E-state index contributed by atoms with van der Waals surface area (Å²) in [5, 5.41) is 9.11. The molecule has 2 atom stereocenters. The van der Waals surface area contributed by atoms with Crippen LogP contribution in [0, 0.1) is 24.4 Å². The number of ether oxygens (including phenoxy) is 1. The Labute approximate surface area is 166 Å². The van der Waals surface area contributed by atoms with Crippen molar-refractivity contribution in [3.63, 3.8) is 0 Å². The molecule has 1 aliphatic heterocycles. The number of thiazole rings is 1. The number of carbonyl (C=O) groups excluding carboxylic acids is 1. The van der Waals surface area contributed by atoms with Gasteiger partial charge in [-0.1, -0.05) is 17.4 Å². The fourth-order valence-electron chi connectivity index (χ4n) is 3.34. The summed E-state index contributed by atoms with van der Waals surface area (Å²) in [5.41, 5.74) is 0.604. The first kappa shape index (κ1) is 19.3. The number of carboxylic acids is 1. The van der Waals surface area contributed by atoms with Gasteiger partial charge < -0.3 is 9.84 Å². The minimum atomic E-state index is -1.39. The van der Waals surface area contributed by atoms with Gasteiger partial charge in [-0.2, -0.15) is 9.47 Å². The van der Waals surface area contributed by atoms with E-state index in [1.165, 1.54) is 7.05 Å². The Hall–Kier alpha value is -2.98. The molecule has 0 bridgehead atoms. The Balaban J connectivity index is 1.99. The van der Waals surface area contributed by atoms with Gasteiger partial charge in [0.05, 0.1) is 18.2 Å². The zero-order valence-corrected chi connectivity index (χ0v) is 16.0. The molecule has 3 aromatic rings. The summed E-state index contributed by atoms with van der Waals surface area (Å²) in [4.78, 5) is 28.5. The molecule has 1 aromatic heterocycles. The van der Waals surface area contributed by atoms with Gasteiger partial charge in [0.25, 0.3) is 5.13 Å². The van der Waals surface area contributed by atoms with Gasteiger partial charge in [-0.25, -0.2) is 18.0 Å². The third-order valence-electron chi connectivity index (χ3n) is 4.83. The van der Waals surface area contributed by atoms with Crippen molar-refractivity contribution in [1.82, 2.24) is 9.47 Å². The molecule has 6 nitrogen and oxygen atoms in total. The molecule has 2 aromatic carbocycles. The summed E-state index contributed by atoms with van der Waals surface area (Å²) in [6, 6.07) is 5.40. The largest absolute Gasteiger partial charge is 0.481 e. The van der Waals surface area contributed by atoms with E-state index in [1.54, 1.807) is 25.1 Å². The molecule has 1 amide bonds. The van der Waals surface area contributed by atoms with Gasteiger partial charge in [0, 0.05) is 12.1 Å². The summed E-state index contributed by atoms with van der Waals surface area (Å²) >= 11 is 0.702. The van der Waals surface area contributed by atoms with Gasteiger partial charge in [0.2, 0.25) is 6.10 Å². The Morgan fingerprint density at radius 1 is 1.28 bits per heavy atom. The highest BCUT2D eigenvalue weighted by Crippen LogP contribution is 2.48. The molecule has 150 valence electrons. The summed E-state index contributed by atoms with van der Waals surface area (Å²) in [7, 11) is 1.45. The standard InChI is InChI=1S/C19H13F3N2O4S/c1-8-3-4-12-11(5-8)24(2,18(27)13(28-12)7-14(25)26)19-23-16-15(22)9(20)6-10(21)17(16)29-19/h3-6,13H,7H2,1-2H3/p+1. The number of aromatic nitrogens is 1. The number of quaternary nitrogens is 1. The highest BCUT2D eigenvalue weighted by atomic mass is 32.1. The number of rotatable bonds is 3. The van der Waals surface area contributed by atoms with E-state index in [9.17, 15) is 22.8 Å². The average molecular weight is 423 g/mol. The third kappa shape index (κ3) is 2.87. The smallest absolute Gasteiger partial charge is 0.367 e. The highest BCUT2D eigenvalue weighted by Gasteiger charge is 2.52. The number of nitrogens with zero attached hydrogens (tertiary/aromatic N) is 2. The molecule has 1 aliphatic rings. The van der Waals surface area contributed by atoms with Gasteiger partial charge in [-0.3, -0.25) is 4.79 Å². The predicted octanol–water partition coefficient (Wildman–Crippen LogP) is 4.05. The molecule has 10 heteroatoms. The van der Waals surface area contributed by atoms with E-state index in [0.29, 0.717) is 23.1 Å². The number of carbonyl (C=O) groups is 2. The van der Waals surface area contributed by atoms with Crippen molar-refractivity contribution in [2.24, 2.45) is 0 Å². The first-order chi connectivity index (χ1) is 13.6. The lowest BCUT2D eigenvalue weighted by Gasteiger charge is -2.36. The van der Waals surface area contributed by atoms with Crippen molar-refractivity contribution in [3.05, 3.63) is 47.3 Å². The van der Waals surface area contributed by atoms with Crippen molar-refractivity contribution < 1.29 is 32.6 Å². The van der Waals surface area contributed by atoms with Crippen LogP contribution < -0.4 is 9.22 Å². The number of carboxylic acid groups (broad SMARTS) is 1. The van der Waals surface area contributed by atoms with E-state index in [2.05, 4.69) is 4.98 Å². The quantitative estimate of drug-likeness (QED) is 0.508. The van der Waals surface area contributed by atoms with E-state index >= 15 is 0 Å². The molecule has 4 rings (SSSR count). The number of benzene rings is 2. The van der Waals surface area contributed by atoms with Crippen LogP contribution in [-0.2, 0) is 9.59 Å². The second-order valence-corrected chi connectivity index (χ2v) is 7.83. The van der Waals surface area contributed by atoms with Gasteiger partial charge in [-0.15, -0.1) is 0 Å². The fraction of sp³-hybridized carbons (Fsp3) is 0.211. The number of amides is 1. The number of aliphatic carboxylic acids is 1. The van der Waals surface area contributed by atoms with Gasteiger partial charge in [0.15, 0.2) is 23.1 Å². The van der Waals surface area contributed by atoms with Gasteiger partial charge >= 0.3 is 11.9 Å². The second kappa shape index (κ2) is 6.53. The van der Waals surface area contributed by atoms with Crippen molar-refractivity contribution in [1.29, 1.82) is 0 Å². The molecule has 0 saturated carbocycles. The van der Waals surface area contributed by atoms with E-state index in [0.717, 1.165) is 5.56 Å². The summed E-state index contributed by atoms with van der Waals surface area (Å²) in [5.74, 6) is -5.35. The molecule has 2 heterocycles. The molecular weight excluding hydrogens is 409 g/mol. The first-order valence-electron chi connectivity index (χ1n) is 8.48. The lowest BCUT2D eigenvalue weighted by molar-refractivity contribution is -0.146. The maximum atomic E-state index is 14.2. The summed E-state index contributed by atoms with van der Waals surface area (Å²) in [6.45, 7) is 1.78. The van der Waals surface area contributed by atoms with Gasteiger partial charge in [0.1, 0.15) is 11.3 Å². The van der Waals surface area contributed by atoms with E-state index < -0.39 is 51.9 Å². The maximum absolute atomic E-state index is 14.2. The van der Waals surface area contributed by atoms with Crippen molar-refractivity contribution in [3.8, 4) is 5.75 Å². The van der Waals surface area contributed by atoms with Gasteiger partial charge in [-0.05, 0) is 18.6 Å². The molecule has 0 radical (unpaired) electrons. The maximum Gasteiger partial charge on any atom is 0.367 e. The minimum absolute atomic E-state index is 0.0288. The van der Waals surface area contributed by atoms with Crippen LogP contribution in [0.2, 0.25) is 0 Å². The average Bonchev–Trinajstić information content (AvgIpc) is 3.11. The number of halogens is 3. The van der Waals surface area contributed by atoms with Crippen LogP contribution in [0.25, 0.3) is 10.2 Å². The van der Waals surface area contributed by atoms with Crippen LogP contribution in [0.1, 0.15) is 12.0 Å². The number of fused-ring (bicyclic) bond motifs is 2. The third-order valence-corrected chi connectivity index (χ3v) is 6.06. The van der Waals surface area contributed by atoms with Crippen molar-refractivity contribution in [2.75, 3.05) is 7.05 Å².